The molecule has 2 bridgehead atoms. The first-order chi connectivity index (χ1) is 8.75. The van der Waals surface area contributed by atoms with Crippen LogP contribution in [0.5, 0.6) is 0 Å². The summed E-state index contributed by atoms with van der Waals surface area (Å²) in [6.07, 6.45) is 6.47. The number of nitrogens with one attached hydrogen (secondary N) is 1. The minimum atomic E-state index is 0.202. The Balaban J connectivity index is 2.12. The Hall–Kier alpha value is -0.370. The van der Waals surface area contributed by atoms with Gasteiger partial charge in [-0.25, -0.2) is 0 Å². The van der Waals surface area contributed by atoms with Gasteiger partial charge in [-0.2, -0.15) is 0 Å². The van der Waals surface area contributed by atoms with Gasteiger partial charge in [0, 0.05) is 18.2 Å². The van der Waals surface area contributed by atoms with E-state index in [-0.39, 0.29) is 5.41 Å². The Morgan fingerprint density at radius 2 is 2.00 bits per heavy atom. The third kappa shape index (κ3) is 2.26. The molecule has 0 saturated heterocycles. The van der Waals surface area contributed by atoms with Gasteiger partial charge >= 0.3 is 0 Å². The normalized spacial score (nSPS) is 37.4. The van der Waals surface area contributed by atoms with Crippen molar-refractivity contribution in [2.75, 3.05) is 20.1 Å². The first-order valence-corrected chi connectivity index (χ1v) is 7.91. The van der Waals surface area contributed by atoms with Crippen molar-refractivity contribution in [2.45, 2.75) is 53.9 Å². The second-order valence-corrected chi connectivity index (χ2v) is 8.12. The Morgan fingerprint density at radius 1 is 1.32 bits per heavy atom. The standard InChI is InChI=1S/C17H32N2/c1-15(2,12-19-10-9-18-6)17(5)8-7-13-11-14(17)16(13,3)4/h12-14,18H,7-11H2,1-6H3/b19-12+. The van der Waals surface area contributed by atoms with Crippen molar-refractivity contribution in [3.05, 3.63) is 0 Å². The average molecular weight is 264 g/mol. The van der Waals surface area contributed by atoms with Crippen molar-refractivity contribution < 1.29 is 0 Å². The Kier molecular flexibility index (Phi) is 3.85. The molecule has 1 N–H and O–H groups in total. The van der Waals surface area contributed by atoms with E-state index in [1.807, 2.05) is 7.05 Å². The molecule has 3 fully saturated rings. The van der Waals surface area contributed by atoms with E-state index in [1.54, 1.807) is 0 Å². The topological polar surface area (TPSA) is 24.4 Å². The SMILES string of the molecule is CNCC/N=C/C(C)(C)C1(C)CCC2CC1C2(C)C. The summed E-state index contributed by atoms with van der Waals surface area (Å²) >= 11 is 0. The molecule has 3 aliphatic rings. The summed E-state index contributed by atoms with van der Waals surface area (Å²) in [5.74, 6) is 1.84. The molecule has 3 saturated carbocycles. The Morgan fingerprint density at radius 3 is 2.53 bits per heavy atom. The number of aliphatic imine (C=N–C) groups is 1. The van der Waals surface area contributed by atoms with Crippen LogP contribution >= 0.6 is 0 Å². The number of fused-ring (bicyclic) bond motifs is 2. The van der Waals surface area contributed by atoms with Crippen LogP contribution in [0.2, 0.25) is 0 Å². The second-order valence-electron chi connectivity index (χ2n) is 8.12. The molecular formula is C17H32N2. The van der Waals surface area contributed by atoms with E-state index in [0.717, 1.165) is 24.9 Å². The maximum absolute atomic E-state index is 4.67. The first-order valence-electron chi connectivity index (χ1n) is 7.91. The molecule has 0 radical (unpaired) electrons. The van der Waals surface area contributed by atoms with Gasteiger partial charge in [0.05, 0.1) is 6.54 Å². The molecule has 0 aromatic carbocycles. The molecule has 0 amide bonds. The monoisotopic (exact) mass is 264 g/mol. The second kappa shape index (κ2) is 4.87. The molecule has 2 nitrogen and oxygen atoms in total. The molecule has 3 rings (SSSR count). The van der Waals surface area contributed by atoms with Crippen LogP contribution in [0.4, 0.5) is 0 Å². The van der Waals surface area contributed by atoms with Gasteiger partial charge < -0.3 is 5.32 Å². The third-order valence-electron chi connectivity index (χ3n) is 6.63. The van der Waals surface area contributed by atoms with Crippen LogP contribution in [0, 0.1) is 28.1 Å². The number of nitrogens with zero attached hydrogens (tertiary/aromatic N) is 1. The van der Waals surface area contributed by atoms with Crippen LogP contribution in [-0.4, -0.2) is 26.4 Å². The maximum Gasteiger partial charge on any atom is 0.0510 e. The summed E-state index contributed by atoms with van der Waals surface area (Å²) in [4.78, 5) is 4.67. The van der Waals surface area contributed by atoms with Crippen LogP contribution in [-0.2, 0) is 0 Å². The van der Waals surface area contributed by atoms with E-state index in [2.05, 4.69) is 51.1 Å². The molecule has 0 aliphatic heterocycles. The largest absolute Gasteiger partial charge is 0.318 e. The molecule has 0 aromatic heterocycles. The van der Waals surface area contributed by atoms with Crippen molar-refractivity contribution in [3.8, 4) is 0 Å². The fourth-order valence-corrected chi connectivity index (χ4v) is 4.62. The lowest BCUT2D eigenvalue weighted by molar-refractivity contribution is -0.177. The van der Waals surface area contributed by atoms with Gasteiger partial charge in [0.15, 0.2) is 0 Å². The van der Waals surface area contributed by atoms with Crippen LogP contribution in [0.1, 0.15) is 53.9 Å². The average Bonchev–Trinajstić information content (AvgIpc) is 2.34. The lowest BCUT2D eigenvalue weighted by atomic mass is 9.37. The van der Waals surface area contributed by atoms with Gasteiger partial charge in [-0.3, -0.25) is 4.99 Å². The van der Waals surface area contributed by atoms with Crippen LogP contribution < -0.4 is 5.32 Å². The van der Waals surface area contributed by atoms with Crippen molar-refractivity contribution >= 4 is 6.21 Å². The van der Waals surface area contributed by atoms with E-state index < -0.39 is 0 Å². The minimum Gasteiger partial charge on any atom is -0.318 e. The summed E-state index contributed by atoms with van der Waals surface area (Å²) in [7, 11) is 1.99. The van der Waals surface area contributed by atoms with E-state index in [0.29, 0.717) is 10.8 Å². The lowest BCUT2D eigenvalue weighted by Gasteiger charge is -2.68. The van der Waals surface area contributed by atoms with Gasteiger partial charge in [0.25, 0.3) is 0 Å². The highest BCUT2D eigenvalue weighted by atomic mass is 14.9. The van der Waals surface area contributed by atoms with E-state index >= 15 is 0 Å². The fraction of sp³-hybridized carbons (Fsp3) is 0.941. The summed E-state index contributed by atoms with van der Waals surface area (Å²) in [6, 6.07) is 0. The number of hydrogen-bond acceptors (Lipinski definition) is 2. The van der Waals surface area contributed by atoms with Gasteiger partial charge in [0.1, 0.15) is 0 Å². The van der Waals surface area contributed by atoms with Crippen molar-refractivity contribution in [1.82, 2.24) is 5.32 Å². The number of rotatable bonds is 5. The van der Waals surface area contributed by atoms with Crippen LogP contribution in [0.25, 0.3) is 0 Å². The molecule has 0 aromatic rings. The molecule has 2 heteroatoms. The molecule has 3 atom stereocenters. The molecule has 3 unspecified atom stereocenters. The number of likely N-dealkylation sites (N-methyl/N-ethyl adjacent to an activating group) is 1. The predicted molar refractivity (Wildman–Crippen MR) is 83.8 cm³/mol. The molecule has 3 aliphatic carbocycles. The van der Waals surface area contributed by atoms with Crippen molar-refractivity contribution in [2.24, 2.45) is 33.1 Å². The fourth-order valence-electron chi connectivity index (χ4n) is 4.62. The minimum absolute atomic E-state index is 0.202. The summed E-state index contributed by atoms with van der Waals surface area (Å²) in [6.45, 7) is 14.1. The zero-order chi connectivity index (χ0) is 14.3. The quantitative estimate of drug-likeness (QED) is 0.593. The van der Waals surface area contributed by atoms with Gasteiger partial charge in [-0.05, 0) is 49.0 Å². The summed E-state index contributed by atoms with van der Waals surface area (Å²) in [5.41, 5.74) is 1.16. The molecule has 0 spiro atoms. The maximum atomic E-state index is 4.67. The Labute approximate surface area is 119 Å². The smallest absolute Gasteiger partial charge is 0.0510 e. The first kappa shape index (κ1) is 15.0. The van der Waals surface area contributed by atoms with Crippen LogP contribution in [0.15, 0.2) is 4.99 Å². The van der Waals surface area contributed by atoms with E-state index in [4.69, 9.17) is 0 Å². The molecule has 19 heavy (non-hydrogen) atoms. The van der Waals surface area contributed by atoms with Gasteiger partial charge in [-0.15, -0.1) is 0 Å². The zero-order valence-corrected chi connectivity index (χ0v) is 13.7. The van der Waals surface area contributed by atoms with E-state index in [9.17, 15) is 0 Å². The molecule has 110 valence electrons. The molecular weight excluding hydrogens is 232 g/mol. The number of hydrogen-bond donors (Lipinski definition) is 1. The predicted octanol–water partition coefficient (Wildman–Crippen LogP) is 3.77. The van der Waals surface area contributed by atoms with E-state index in [1.165, 1.54) is 19.3 Å². The summed E-state index contributed by atoms with van der Waals surface area (Å²) in [5, 5.41) is 3.16. The van der Waals surface area contributed by atoms with Crippen LogP contribution in [0.3, 0.4) is 0 Å². The highest BCUT2D eigenvalue weighted by molar-refractivity contribution is 5.66. The third-order valence-corrected chi connectivity index (χ3v) is 6.63. The van der Waals surface area contributed by atoms with Gasteiger partial charge in [-0.1, -0.05) is 34.6 Å². The lowest BCUT2D eigenvalue weighted by Crippen LogP contribution is -2.61. The highest BCUT2D eigenvalue weighted by Gasteiger charge is 2.62. The molecule has 0 heterocycles. The van der Waals surface area contributed by atoms with Crippen molar-refractivity contribution in [3.63, 3.8) is 0 Å². The Bertz CT molecular complexity index is 354. The van der Waals surface area contributed by atoms with Crippen molar-refractivity contribution in [1.29, 1.82) is 0 Å². The zero-order valence-electron chi connectivity index (χ0n) is 13.7. The summed E-state index contributed by atoms with van der Waals surface area (Å²) < 4.78 is 0. The van der Waals surface area contributed by atoms with Gasteiger partial charge in [0.2, 0.25) is 0 Å². The highest BCUT2D eigenvalue weighted by Crippen LogP contribution is 2.69.